The molecule has 0 radical (unpaired) electrons. The third-order valence-corrected chi connectivity index (χ3v) is 5.83. The normalized spacial score (nSPS) is 16.0. The van der Waals surface area contributed by atoms with Crippen molar-refractivity contribution in [1.82, 2.24) is 10.3 Å². The number of carbonyl (C=O) groups is 1. The van der Waals surface area contributed by atoms with Crippen LogP contribution in [-0.2, 0) is 4.79 Å². The zero-order valence-electron chi connectivity index (χ0n) is 14.7. The van der Waals surface area contributed by atoms with Gasteiger partial charge < -0.3 is 10.3 Å². The highest BCUT2D eigenvalue weighted by molar-refractivity contribution is 6.31. The number of H-pyrrole nitrogens is 1. The predicted molar refractivity (Wildman–Crippen MR) is 107 cm³/mol. The third kappa shape index (κ3) is 3.36. The van der Waals surface area contributed by atoms with Crippen LogP contribution in [0.3, 0.4) is 0 Å². The van der Waals surface area contributed by atoms with Crippen molar-refractivity contribution in [3.63, 3.8) is 0 Å². The molecule has 4 heteroatoms. The summed E-state index contributed by atoms with van der Waals surface area (Å²) < 4.78 is 0. The molecule has 0 bridgehead atoms. The maximum Gasteiger partial charge on any atom is 0.223 e. The zero-order chi connectivity index (χ0) is 17.9. The van der Waals surface area contributed by atoms with Gasteiger partial charge in [0.15, 0.2) is 0 Å². The van der Waals surface area contributed by atoms with Crippen LogP contribution < -0.4 is 5.32 Å². The van der Waals surface area contributed by atoms with Crippen molar-refractivity contribution in [2.45, 2.75) is 31.6 Å². The molecule has 26 heavy (non-hydrogen) atoms. The quantitative estimate of drug-likeness (QED) is 0.635. The van der Waals surface area contributed by atoms with E-state index in [1.165, 1.54) is 10.9 Å². The number of para-hydroxylation sites is 1. The molecule has 2 aromatic carbocycles. The number of hydrogen-bond donors (Lipinski definition) is 2. The Morgan fingerprint density at radius 2 is 1.81 bits per heavy atom. The Balaban J connectivity index is 1.66. The lowest BCUT2D eigenvalue weighted by Gasteiger charge is -2.20. The minimum absolute atomic E-state index is 0.0187. The van der Waals surface area contributed by atoms with Gasteiger partial charge in [0.25, 0.3) is 0 Å². The Morgan fingerprint density at radius 1 is 1.08 bits per heavy atom. The summed E-state index contributed by atoms with van der Waals surface area (Å²) in [6.45, 7) is 0.556. The molecule has 1 aromatic heterocycles. The SMILES string of the molecule is O=C(NC[C@@H](c1ccccc1Cl)c1c[nH]c2ccccc12)C1CCCC1. The largest absolute Gasteiger partial charge is 0.361 e. The number of fused-ring (bicyclic) bond motifs is 1. The summed E-state index contributed by atoms with van der Waals surface area (Å²) in [4.78, 5) is 15.9. The Kier molecular flexibility index (Phi) is 4.98. The molecule has 1 aliphatic carbocycles. The minimum atomic E-state index is 0.0187. The molecule has 1 saturated carbocycles. The number of aromatic amines is 1. The molecule has 0 unspecified atom stereocenters. The number of hydrogen-bond acceptors (Lipinski definition) is 1. The van der Waals surface area contributed by atoms with Crippen LogP contribution in [0, 0.1) is 5.92 Å². The van der Waals surface area contributed by atoms with Crippen LogP contribution in [0.1, 0.15) is 42.7 Å². The monoisotopic (exact) mass is 366 g/mol. The lowest BCUT2D eigenvalue weighted by atomic mass is 9.90. The molecule has 4 rings (SSSR count). The molecular weight excluding hydrogens is 344 g/mol. The van der Waals surface area contributed by atoms with Crippen LogP contribution >= 0.6 is 11.6 Å². The van der Waals surface area contributed by atoms with E-state index < -0.39 is 0 Å². The van der Waals surface area contributed by atoms with Crippen LogP contribution in [0.15, 0.2) is 54.7 Å². The molecule has 1 heterocycles. The number of benzene rings is 2. The first-order valence-electron chi connectivity index (χ1n) is 9.32. The van der Waals surface area contributed by atoms with Gasteiger partial charge in [0.05, 0.1) is 0 Å². The van der Waals surface area contributed by atoms with Crippen LogP contribution in [0.2, 0.25) is 5.02 Å². The third-order valence-electron chi connectivity index (χ3n) is 5.48. The van der Waals surface area contributed by atoms with Gasteiger partial charge in [0, 0.05) is 40.5 Å². The van der Waals surface area contributed by atoms with Crippen molar-refractivity contribution in [3.8, 4) is 0 Å². The summed E-state index contributed by atoms with van der Waals surface area (Å²) in [5.41, 5.74) is 3.31. The van der Waals surface area contributed by atoms with Crippen LogP contribution in [0.4, 0.5) is 0 Å². The van der Waals surface area contributed by atoms with Crippen molar-refractivity contribution < 1.29 is 4.79 Å². The molecule has 3 aromatic rings. The molecule has 0 saturated heterocycles. The zero-order valence-corrected chi connectivity index (χ0v) is 15.4. The Hall–Kier alpha value is -2.26. The number of amides is 1. The summed E-state index contributed by atoms with van der Waals surface area (Å²) in [5, 5.41) is 5.10. The van der Waals surface area contributed by atoms with Gasteiger partial charge in [-0.1, -0.05) is 60.8 Å². The van der Waals surface area contributed by atoms with Crippen LogP contribution in [0.5, 0.6) is 0 Å². The molecule has 0 aliphatic heterocycles. The Labute approximate surface area is 158 Å². The summed E-state index contributed by atoms with van der Waals surface area (Å²) in [5.74, 6) is 0.370. The fourth-order valence-corrected chi connectivity index (χ4v) is 4.33. The van der Waals surface area contributed by atoms with E-state index in [9.17, 15) is 4.79 Å². The number of carbonyl (C=O) groups excluding carboxylic acids is 1. The molecule has 1 atom stereocenters. The van der Waals surface area contributed by atoms with E-state index >= 15 is 0 Å². The molecule has 1 aliphatic rings. The highest BCUT2D eigenvalue weighted by Crippen LogP contribution is 2.34. The molecule has 2 N–H and O–H groups in total. The summed E-state index contributed by atoms with van der Waals surface area (Å²) in [6, 6.07) is 16.2. The van der Waals surface area contributed by atoms with Crippen molar-refractivity contribution in [2.75, 3.05) is 6.54 Å². The average molecular weight is 367 g/mol. The second-order valence-electron chi connectivity index (χ2n) is 7.09. The van der Waals surface area contributed by atoms with E-state index in [2.05, 4.69) is 28.5 Å². The summed E-state index contributed by atoms with van der Waals surface area (Å²) >= 11 is 6.51. The highest BCUT2D eigenvalue weighted by atomic mass is 35.5. The van der Waals surface area contributed by atoms with Gasteiger partial charge in [-0.2, -0.15) is 0 Å². The Bertz CT molecular complexity index is 911. The molecular formula is C22H23ClN2O. The van der Waals surface area contributed by atoms with Crippen LogP contribution in [0.25, 0.3) is 10.9 Å². The molecule has 134 valence electrons. The topological polar surface area (TPSA) is 44.9 Å². The van der Waals surface area contributed by atoms with Crippen molar-refractivity contribution in [1.29, 1.82) is 0 Å². The number of aromatic nitrogens is 1. The van der Waals surface area contributed by atoms with E-state index in [4.69, 9.17) is 11.6 Å². The number of rotatable bonds is 5. The van der Waals surface area contributed by atoms with Gasteiger partial charge in [0.1, 0.15) is 0 Å². The van der Waals surface area contributed by atoms with Gasteiger partial charge in [-0.25, -0.2) is 0 Å². The lowest BCUT2D eigenvalue weighted by Crippen LogP contribution is -2.33. The van der Waals surface area contributed by atoms with Gasteiger partial charge in [-0.15, -0.1) is 0 Å². The summed E-state index contributed by atoms with van der Waals surface area (Å²) in [6.07, 6.45) is 6.38. The first kappa shape index (κ1) is 17.2. The fourth-order valence-electron chi connectivity index (χ4n) is 4.06. The van der Waals surface area contributed by atoms with E-state index in [-0.39, 0.29) is 17.7 Å². The molecule has 0 spiro atoms. The number of nitrogens with one attached hydrogen (secondary N) is 2. The molecule has 1 fully saturated rings. The van der Waals surface area contributed by atoms with Crippen LogP contribution in [-0.4, -0.2) is 17.4 Å². The second-order valence-corrected chi connectivity index (χ2v) is 7.50. The van der Waals surface area contributed by atoms with Gasteiger partial charge >= 0.3 is 0 Å². The average Bonchev–Trinajstić information content (AvgIpc) is 3.33. The first-order chi connectivity index (χ1) is 12.7. The van der Waals surface area contributed by atoms with Crippen molar-refractivity contribution in [3.05, 3.63) is 70.9 Å². The van der Waals surface area contributed by atoms with E-state index in [0.717, 1.165) is 41.8 Å². The van der Waals surface area contributed by atoms with Gasteiger partial charge in [0.2, 0.25) is 5.91 Å². The maximum atomic E-state index is 12.5. The molecule has 1 amide bonds. The van der Waals surface area contributed by atoms with Crippen molar-refractivity contribution >= 4 is 28.4 Å². The molecule has 3 nitrogen and oxygen atoms in total. The van der Waals surface area contributed by atoms with E-state index in [1.54, 1.807) is 0 Å². The standard InChI is InChI=1S/C22H23ClN2O/c23-20-11-5-3-9-16(20)18(14-25-22(26)15-7-1-2-8-15)19-13-24-21-12-6-4-10-17(19)21/h3-6,9-13,15,18,24H,1-2,7-8,14H2,(H,25,26)/t18-/m0/s1. The van der Waals surface area contributed by atoms with Gasteiger partial charge in [-0.05, 0) is 36.1 Å². The first-order valence-corrected chi connectivity index (χ1v) is 9.70. The summed E-state index contributed by atoms with van der Waals surface area (Å²) in [7, 11) is 0. The van der Waals surface area contributed by atoms with Crippen molar-refractivity contribution in [2.24, 2.45) is 5.92 Å². The van der Waals surface area contributed by atoms with E-state index in [1.807, 2.05) is 36.5 Å². The Morgan fingerprint density at radius 3 is 2.62 bits per heavy atom. The second kappa shape index (κ2) is 7.55. The highest BCUT2D eigenvalue weighted by Gasteiger charge is 2.25. The predicted octanol–water partition coefficient (Wildman–Crippen LogP) is 5.26. The van der Waals surface area contributed by atoms with E-state index in [0.29, 0.717) is 6.54 Å². The minimum Gasteiger partial charge on any atom is -0.361 e. The van der Waals surface area contributed by atoms with Gasteiger partial charge in [-0.3, -0.25) is 4.79 Å². The number of halogens is 1. The fraction of sp³-hybridized carbons (Fsp3) is 0.318. The maximum absolute atomic E-state index is 12.5. The smallest absolute Gasteiger partial charge is 0.223 e. The lowest BCUT2D eigenvalue weighted by molar-refractivity contribution is -0.124.